The highest BCUT2D eigenvalue weighted by Gasteiger charge is 2.16. The van der Waals surface area contributed by atoms with Crippen LogP contribution in [0.3, 0.4) is 0 Å². The molecule has 29 heavy (non-hydrogen) atoms. The quantitative estimate of drug-likeness (QED) is 0.601. The summed E-state index contributed by atoms with van der Waals surface area (Å²) in [5.74, 6) is 1.46. The van der Waals surface area contributed by atoms with Crippen LogP contribution in [0, 0.1) is 5.92 Å². The predicted octanol–water partition coefficient (Wildman–Crippen LogP) is 4.98. The van der Waals surface area contributed by atoms with Crippen LogP contribution in [-0.2, 0) is 13.0 Å². The fourth-order valence-electron chi connectivity index (χ4n) is 3.56. The van der Waals surface area contributed by atoms with Gasteiger partial charge in [-0.15, -0.1) is 0 Å². The number of halogens is 1. The number of hydrogen-bond donors (Lipinski definition) is 2. The van der Waals surface area contributed by atoms with E-state index in [1.165, 1.54) is 12.8 Å². The smallest absolute Gasteiger partial charge is 0.126 e. The summed E-state index contributed by atoms with van der Waals surface area (Å²) in [6.07, 6.45) is 8.79. The Hall–Kier alpha value is -2.50. The van der Waals surface area contributed by atoms with Crippen molar-refractivity contribution < 1.29 is 0 Å². The van der Waals surface area contributed by atoms with Crippen molar-refractivity contribution in [2.24, 2.45) is 5.92 Å². The van der Waals surface area contributed by atoms with Crippen molar-refractivity contribution in [3.05, 3.63) is 71.3 Å². The third kappa shape index (κ3) is 5.75. The average molecular weight is 410 g/mol. The van der Waals surface area contributed by atoms with Gasteiger partial charge >= 0.3 is 0 Å². The maximum absolute atomic E-state index is 6.46. The molecule has 0 bridgehead atoms. The molecule has 1 aliphatic heterocycles. The number of hydrogen-bond acceptors (Lipinski definition) is 5. The highest BCUT2D eigenvalue weighted by molar-refractivity contribution is 6.33. The van der Waals surface area contributed by atoms with Crippen LogP contribution >= 0.6 is 11.6 Å². The van der Waals surface area contributed by atoms with Gasteiger partial charge in [0, 0.05) is 36.4 Å². The second-order valence-electron chi connectivity index (χ2n) is 7.19. The first-order valence-electron chi connectivity index (χ1n) is 9.73. The standard InChI is InChI=1S/C22H24ClN5.CH4/c23-20-15-26-18(11-17-3-2-8-25-13-17)12-19(20)21-4-1-5-22(28-21)27-14-16-6-9-24-10-7-16;/h1,4-7,9-10,12,15,17,25H,2-3,8,11,13-14H2,(H,27,28);1H4/t17-;/m0./s1. The Morgan fingerprint density at radius 1 is 1.17 bits per heavy atom. The summed E-state index contributed by atoms with van der Waals surface area (Å²) in [5, 5.41) is 7.46. The van der Waals surface area contributed by atoms with E-state index in [1.54, 1.807) is 18.6 Å². The van der Waals surface area contributed by atoms with E-state index in [4.69, 9.17) is 16.6 Å². The molecule has 0 unspecified atom stereocenters. The second kappa shape index (κ2) is 10.3. The predicted molar refractivity (Wildman–Crippen MR) is 120 cm³/mol. The van der Waals surface area contributed by atoms with Crippen molar-refractivity contribution in [1.29, 1.82) is 0 Å². The fourth-order valence-corrected chi connectivity index (χ4v) is 3.76. The van der Waals surface area contributed by atoms with Crippen molar-refractivity contribution in [1.82, 2.24) is 20.3 Å². The topological polar surface area (TPSA) is 62.7 Å². The molecule has 4 rings (SSSR count). The molecule has 0 saturated carbocycles. The summed E-state index contributed by atoms with van der Waals surface area (Å²) < 4.78 is 0. The van der Waals surface area contributed by atoms with E-state index < -0.39 is 0 Å². The largest absolute Gasteiger partial charge is 0.366 e. The molecule has 1 saturated heterocycles. The number of pyridine rings is 3. The third-order valence-corrected chi connectivity index (χ3v) is 5.36. The molecule has 5 nitrogen and oxygen atoms in total. The maximum Gasteiger partial charge on any atom is 0.126 e. The molecular formula is C23H28ClN5. The molecule has 0 radical (unpaired) electrons. The Balaban J connectivity index is 0.00000240. The summed E-state index contributed by atoms with van der Waals surface area (Å²) in [5.41, 5.74) is 4.02. The summed E-state index contributed by atoms with van der Waals surface area (Å²) in [7, 11) is 0. The van der Waals surface area contributed by atoms with Crippen molar-refractivity contribution in [2.45, 2.75) is 33.2 Å². The fraction of sp³-hybridized carbons (Fsp3) is 0.348. The molecule has 1 aliphatic rings. The first-order valence-corrected chi connectivity index (χ1v) is 10.1. The molecule has 0 spiro atoms. The molecule has 0 amide bonds. The highest BCUT2D eigenvalue weighted by atomic mass is 35.5. The van der Waals surface area contributed by atoms with Gasteiger partial charge in [0.2, 0.25) is 0 Å². The van der Waals surface area contributed by atoms with E-state index in [1.807, 2.05) is 30.3 Å². The van der Waals surface area contributed by atoms with E-state index in [-0.39, 0.29) is 7.43 Å². The summed E-state index contributed by atoms with van der Waals surface area (Å²) in [6, 6.07) is 12.0. The van der Waals surface area contributed by atoms with E-state index >= 15 is 0 Å². The van der Waals surface area contributed by atoms with Gasteiger partial charge in [0.25, 0.3) is 0 Å². The highest BCUT2D eigenvalue weighted by Crippen LogP contribution is 2.28. The normalized spacial score (nSPS) is 16.1. The summed E-state index contributed by atoms with van der Waals surface area (Å²) >= 11 is 6.46. The third-order valence-electron chi connectivity index (χ3n) is 5.06. The van der Waals surface area contributed by atoms with Crippen molar-refractivity contribution >= 4 is 17.4 Å². The van der Waals surface area contributed by atoms with Crippen LogP contribution in [0.5, 0.6) is 0 Å². The summed E-state index contributed by atoms with van der Waals surface area (Å²) in [6.45, 7) is 2.88. The van der Waals surface area contributed by atoms with Crippen molar-refractivity contribution in [3.63, 3.8) is 0 Å². The average Bonchev–Trinajstić information content (AvgIpc) is 2.75. The maximum atomic E-state index is 6.46. The Morgan fingerprint density at radius 2 is 2.03 bits per heavy atom. The van der Waals surface area contributed by atoms with Gasteiger partial charge < -0.3 is 10.6 Å². The van der Waals surface area contributed by atoms with Crippen molar-refractivity contribution in [2.75, 3.05) is 18.4 Å². The van der Waals surface area contributed by atoms with Gasteiger partial charge in [-0.2, -0.15) is 0 Å². The monoisotopic (exact) mass is 409 g/mol. The molecule has 1 atom stereocenters. The molecular weight excluding hydrogens is 382 g/mol. The van der Waals surface area contributed by atoms with Crippen LogP contribution in [0.1, 0.15) is 31.5 Å². The Kier molecular flexibility index (Phi) is 7.55. The van der Waals surface area contributed by atoms with Gasteiger partial charge in [-0.1, -0.05) is 25.1 Å². The molecule has 152 valence electrons. The first kappa shape index (κ1) is 21.2. The SMILES string of the molecule is C.Clc1cnc(C[C@@H]2CCCNC2)cc1-c1cccc(NCc2ccncc2)n1. The lowest BCUT2D eigenvalue weighted by Gasteiger charge is -2.22. The minimum Gasteiger partial charge on any atom is -0.366 e. The molecule has 3 aromatic rings. The zero-order chi connectivity index (χ0) is 19.2. The zero-order valence-electron chi connectivity index (χ0n) is 15.7. The number of aromatic nitrogens is 3. The lowest BCUT2D eigenvalue weighted by atomic mass is 9.94. The van der Waals surface area contributed by atoms with E-state index in [0.29, 0.717) is 17.5 Å². The number of nitrogens with zero attached hydrogens (tertiary/aromatic N) is 3. The van der Waals surface area contributed by atoms with Gasteiger partial charge in [0.1, 0.15) is 5.82 Å². The van der Waals surface area contributed by atoms with Gasteiger partial charge in [-0.3, -0.25) is 9.97 Å². The van der Waals surface area contributed by atoms with Crippen molar-refractivity contribution in [3.8, 4) is 11.3 Å². The lowest BCUT2D eigenvalue weighted by molar-refractivity contribution is 0.373. The molecule has 0 aliphatic carbocycles. The molecule has 0 aromatic carbocycles. The van der Waals surface area contributed by atoms with Gasteiger partial charge in [-0.05, 0) is 74.2 Å². The molecule has 3 aromatic heterocycles. The second-order valence-corrected chi connectivity index (χ2v) is 7.60. The minimum atomic E-state index is 0. The van der Waals surface area contributed by atoms with Crippen LogP contribution in [0.2, 0.25) is 5.02 Å². The molecule has 2 N–H and O–H groups in total. The van der Waals surface area contributed by atoms with Gasteiger partial charge in [-0.25, -0.2) is 4.98 Å². The Morgan fingerprint density at radius 3 is 2.83 bits per heavy atom. The lowest BCUT2D eigenvalue weighted by Crippen LogP contribution is -2.31. The number of nitrogens with one attached hydrogen (secondary N) is 2. The number of anilines is 1. The van der Waals surface area contributed by atoms with Crippen LogP contribution in [0.25, 0.3) is 11.3 Å². The number of piperidine rings is 1. The van der Waals surface area contributed by atoms with Crippen LogP contribution in [0.4, 0.5) is 5.82 Å². The number of rotatable bonds is 6. The van der Waals surface area contributed by atoms with Gasteiger partial charge in [0.05, 0.1) is 10.7 Å². The first-order chi connectivity index (χ1) is 13.8. The molecule has 1 fully saturated rings. The molecule has 6 heteroatoms. The zero-order valence-corrected chi connectivity index (χ0v) is 16.5. The van der Waals surface area contributed by atoms with E-state index in [9.17, 15) is 0 Å². The van der Waals surface area contributed by atoms with Crippen LogP contribution in [-0.4, -0.2) is 28.0 Å². The van der Waals surface area contributed by atoms with E-state index in [2.05, 4.69) is 26.7 Å². The van der Waals surface area contributed by atoms with Crippen LogP contribution < -0.4 is 10.6 Å². The Bertz CT molecular complexity index is 910. The minimum absolute atomic E-state index is 0. The van der Waals surface area contributed by atoms with Crippen LogP contribution in [0.15, 0.2) is 55.0 Å². The van der Waals surface area contributed by atoms with E-state index in [0.717, 1.165) is 47.8 Å². The Labute approximate surface area is 178 Å². The van der Waals surface area contributed by atoms with Gasteiger partial charge in [0.15, 0.2) is 0 Å². The summed E-state index contributed by atoms with van der Waals surface area (Å²) in [4.78, 5) is 13.3. The molecule has 4 heterocycles.